The molecule has 1 saturated carbocycles. The molecule has 2 heterocycles. The SMILES string of the molecule is CSc1nnc(CCCNC(=O)C2Cc3ccccc3O2)n1C1CCCC1. The van der Waals surface area contributed by atoms with Crippen LogP contribution in [-0.2, 0) is 17.6 Å². The first-order chi connectivity index (χ1) is 13.3. The number of benzene rings is 1. The molecule has 1 aliphatic carbocycles. The van der Waals surface area contributed by atoms with Crippen molar-refractivity contribution >= 4 is 17.7 Å². The Morgan fingerprint density at radius 1 is 1.30 bits per heavy atom. The quantitative estimate of drug-likeness (QED) is 0.585. The fourth-order valence-corrected chi connectivity index (χ4v) is 4.62. The summed E-state index contributed by atoms with van der Waals surface area (Å²) in [6.07, 6.45) is 8.98. The summed E-state index contributed by atoms with van der Waals surface area (Å²) in [6, 6.07) is 8.38. The van der Waals surface area contributed by atoms with E-state index in [2.05, 4.69) is 26.3 Å². The van der Waals surface area contributed by atoms with E-state index < -0.39 is 6.10 Å². The second-order valence-electron chi connectivity index (χ2n) is 7.22. The minimum atomic E-state index is -0.410. The van der Waals surface area contributed by atoms with Crippen molar-refractivity contribution in [3.8, 4) is 5.75 Å². The van der Waals surface area contributed by atoms with Gasteiger partial charge in [-0.25, -0.2) is 0 Å². The molecule has 1 fully saturated rings. The van der Waals surface area contributed by atoms with Gasteiger partial charge in [0.1, 0.15) is 11.6 Å². The third kappa shape index (κ3) is 3.98. The van der Waals surface area contributed by atoms with Crippen LogP contribution >= 0.6 is 11.8 Å². The van der Waals surface area contributed by atoms with E-state index in [0.717, 1.165) is 35.1 Å². The second-order valence-corrected chi connectivity index (χ2v) is 8.00. The smallest absolute Gasteiger partial charge is 0.261 e. The zero-order valence-corrected chi connectivity index (χ0v) is 16.5. The zero-order valence-electron chi connectivity index (χ0n) is 15.7. The first-order valence-corrected chi connectivity index (χ1v) is 11.0. The van der Waals surface area contributed by atoms with Gasteiger partial charge in [0.05, 0.1) is 0 Å². The molecule has 1 unspecified atom stereocenters. The topological polar surface area (TPSA) is 69.0 Å². The Labute approximate surface area is 164 Å². The summed E-state index contributed by atoms with van der Waals surface area (Å²) < 4.78 is 8.08. The molecule has 27 heavy (non-hydrogen) atoms. The lowest BCUT2D eigenvalue weighted by molar-refractivity contribution is -0.127. The van der Waals surface area contributed by atoms with E-state index >= 15 is 0 Å². The number of aryl methyl sites for hydroxylation is 1. The van der Waals surface area contributed by atoms with E-state index in [9.17, 15) is 4.79 Å². The Hall–Kier alpha value is -2.02. The number of thioether (sulfide) groups is 1. The summed E-state index contributed by atoms with van der Waals surface area (Å²) in [6.45, 7) is 0.626. The summed E-state index contributed by atoms with van der Waals surface area (Å²) >= 11 is 1.66. The molecule has 4 rings (SSSR count). The number of nitrogens with one attached hydrogen (secondary N) is 1. The highest BCUT2D eigenvalue weighted by molar-refractivity contribution is 7.98. The van der Waals surface area contributed by atoms with E-state index in [1.807, 2.05) is 24.3 Å². The number of para-hydroxylation sites is 1. The molecule has 2 aromatic rings. The molecular formula is C20H26N4O2S. The molecule has 2 aliphatic rings. The fraction of sp³-hybridized carbons (Fsp3) is 0.550. The van der Waals surface area contributed by atoms with Crippen molar-refractivity contribution in [1.29, 1.82) is 0 Å². The number of hydrogen-bond donors (Lipinski definition) is 1. The van der Waals surface area contributed by atoms with Gasteiger partial charge in [-0.3, -0.25) is 4.79 Å². The molecular weight excluding hydrogens is 360 g/mol. The third-order valence-corrected chi connectivity index (χ3v) is 6.07. The summed E-state index contributed by atoms with van der Waals surface area (Å²) in [7, 11) is 0. The Morgan fingerprint density at radius 2 is 2.11 bits per heavy atom. The maximum Gasteiger partial charge on any atom is 0.261 e. The van der Waals surface area contributed by atoms with Gasteiger partial charge in [-0.15, -0.1) is 10.2 Å². The van der Waals surface area contributed by atoms with Gasteiger partial charge in [-0.2, -0.15) is 0 Å². The van der Waals surface area contributed by atoms with E-state index in [1.54, 1.807) is 11.8 Å². The van der Waals surface area contributed by atoms with E-state index in [1.165, 1.54) is 25.7 Å². The number of fused-ring (bicyclic) bond motifs is 1. The number of carbonyl (C=O) groups is 1. The molecule has 6 nitrogen and oxygen atoms in total. The molecule has 1 aromatic carbocycles. The molecule has 1 N–H and O–H groups in total. The van der Waals surface area contributed by atoms with Crippen molar-refractivity contribution in [2.45, 2.75) is 62.2 Å². The number of rotatable bonds is 7. The first kappa shape index (κ1) is 18.3. The lowest BCUT2D eigenvalue weighted by Crippen LogP contribution is -2.38. The predicted molar refractivity (Wildman–Crippen MR) is 105 cm³/mol. The molecule has 144 valence electrons. The van der Waals surface area contributed by atoms with Gasteiger partial charge in [-0.05, 0) is 37.1 Å². The number of hydrogen-bond acceptors (Lipinski definition) is 5. The maximum atomic E-state index is 12.4. The third-order valence-electron chi connectivity index (χ3n) is 5.42. The first-order valence-electron chi connectivity index (χ1n) is 9.76. The van der Waals surface area contributed by atoms with Crippen molar-refractivity contribution < 1.29 is 9.53 Å². The van der Waals surface area contributed by atoms with Crippen LogP contribution in [0.15, 0.2) is 29.4 Å². The molecule has 1 amide bonds. The van der Waals surface area contributed by atoms with Crippen LogP contribution in [0, 0.1) is 0 Å². The van der Waals surface area contributed by atoms with Gasteiger partial charge in [0.15, 0.2) is 11.3 Å². The van der Waals surface area contributed by atoms with E-state index in [-0.39, 0.29) is 5.91 Å². The molecule has 0 spiro atoms. The number of nitrogens with zero attached hydrogens (tertiary/aromatic N) is 3. The average molecular weight is 387 g/mol. The normalized spacial score (nSPS) is 19.1. The Bertz CT molecular complexity index is 776. The maximum absolute atomic E-state index is 12.4. The number of amides is 1. The van der Waals surface area contributed by atoms with Crippen LogP contribution in [-0.4, -0.2) is 39.6 Å². The van der Waals surface area contributed by atoms with Crippen LogP contribution in [0.3, 0.4) is 0 Å². The van der Waals surface area contributed by atoms with Gasteiger partial charge in [-0.1, -0.05) is 42.8 Å². The van der Waals surface area contributed by atoms with Gasteiger partial charge >= 0.3 is 0 Å². The van der Waals surface area contributed by atoms with Crippen LogP contribution in [0.4, 0.5) is 0 Å². The highest BCUT2D eigenvalue weighted by atomic mass is 32.2. The fourth-order valence-electron chi connectivity index (χ4n) is 4.05. The predicted octanol–water partition coefficient (Wildman–Crippen LogP) is 3.17. The highest BCUT2D eigenvalue weighted by Gasteiger charge is 2.28. The van der Waals surface area contributed by atoms with Gasteiger partial charge in [0.25, 0.3) is 5.91 Å². The summed E-state index contributed by atoms with van der Waals surface area (Å²) in [5, 5.41) is 12.8. The Balaban J connectivity index is 1.27. The minimum Gasteiger partial charge on any atom is -0.480 e. The average Bonchev–Trinajstić information content (AvgIpc) is 3.43. The molecule has 0 radical (unpaired) electrons. The number of carbonyl (C=O) groups excluding carboxylic acids is 1. The lowest BCUT2D eigenvalue weighted by atomic mass is 10.1. The summed E-state index contributed by atoms with van der Waals surface area (Å²) in [5.74, 6) is 1.84. The van der Waals surface area contributed by atoms with Gasteiger partial charge in [0, 0.05) is 25.4 Å². The van der Waals surface area contributed by atoms with Crippen LogP contribution < -0.4 is 10.1 Å². The van der Waals surface area contributed by atoms with Crippen molar-refractivity contribution in [3.63, 3.8) is 0 Å². The monoisotopic (exact) mass is 386 g/mol. The molecule has 1 atom stereocenters. The zero-order chi connectivity index (χ0) is 18.6. The second kappa shape index (κ2) is 8.33. The standard InChI is InChI=1S/C20H26N4O2S/c1-27-20-23-22-18(24(20)15-8-3-4-9-15)11-6-12-21-19(25)17-13-14-7-2-5-10-16(14)26-17/h2,5,7,10,15,17H,3-4,6,8-9,11-13H2,1H3,(H,21,25). The Kier molecular flexibility index (Phi) is 5.66. The molecule has 0 saturated heterocycles. The van der Waals surface area contributed by atoms with Crippen molar-refractivity contribution in [1.82, 2.24) is 20.1 Å². The van der Waals surface area contributed by atoms with Crippen LogP contribution in [0.1, 0.15) is 49.5 Å². The number of ether oxygens (including phenoxy) is 1. The van der Waals surface area contributed by atoms with E-state index in [4.69, 9.17) is 4.74 Å². The van der Waals surface area contributed by atoms with Crippen molar-refractivity contribution in [2.75, 3.05) is 12.8 Å². The van der Waals surface area contributed by atoms with Gasteiger partial charge in [0.2, 0.25) is 0 Å². The molecule has 1 aliphatic heterocycles. The van der Waals surface area contributed by atoms with E-state index in [0.29, 0.717) is 19.0 Å². The van der Waals surface area contributed by atoms with Crippen molar-refractivity contribution in [3.05, 3.63) is 35.7 Å². The Morgan fingerprint density at radius 3 is 2.89 bits per heavy atom. The largest absolute Gasteiger partial charge is 0.480 e. The lowest BCUT2D eigenvalue weighted by Gasteiger charge is -2.16. The van der Waals surface area contributed by atoms with Gasteiger partial charge < -0.3 is 14.6 Å². The molecule has 0 bridgehead atoms. The summed E-state index contributed by atoms with van der Waals surface area (Å²) in [4.78, 5) is 12.4. The van der Waals surface area contributed by atoms with Crippen molar-refractivity contribution in [2.24, 2.45) is 0 Å². The molecule has 7 heteroatoms. The highest BCUT2D eigenvalue weighted by Crippen LogP contribution is 2.33. The minimum absolute atomic E-state index is 0.0340. The van der Waals surface area contributed by atoms with Crippen LogP contribution in [0.25, 0.3) is 0 Å². The van der Waals surface area contributed by atoms with Crippen LogP contribution in [0.2, 0.25) is 0 Å². The summed E-state index contributed by atoms with van der Waals surface area (Å²) in [5.41, 5.74) is 1.10. The number of aromatic nitrogens is 3. The van der Waals surface area contributed by atoms with Crippen LogP contribution in [0.5, 0.6) is 5.75 Å². The molecule has 1 aromatic heterocycles.